The molecule has 2 aliphatic carbocycles. The number of hydrogen-bond acceptors (Lipinski definition) is 3. The van der Waals surface area contributed by atoms with E-state index in [9.17, 15) is 4.79 Å². The van der Waals surface area contributed by atoms with Crippen molar-refractivity contribution >= 4 is 5.97 Å². The van der Waals surface area contributed by atoms with E-state index in [2.05, 4.69) is 18.2 Å². The Labute approximate surface area is 126 Å². The van der Waals surface area contributed by atoms with Crippen LogP contribution in [0.2, 0.25) is 0 Å². The summed E-state index contributed by atoms with van der Waals surface area (Å²) in [5.41, 5.74) is 2.87. The summed E-state index contributed by atoms with van der Waals surface area (Å²) < 4.78 is 10.9. The van der Waals surface area contributed by atoms with Gasteiger partial charge in [0, 0.05) is 6.92 Å². The first-order valence-corrected chi connectivity index (χ1v) is 8.00. The molecule has 0 amide bonds. The van der Waals surface area contributed by atoms with Gasteiger partial charge in [0.1, 0.15) is 11.9 Å². The van der Waals surface area contributed by atoms with Crippen LogP contribution in [0.25, 0.3) is 0 Å². The molecule has 21 heavy (non-hydrogen) atoms. The second-order valence-electron chi connectivity index (χ2n) is 6.38. The van der Waals surface area contributed by atoms with Crippen molar-refractivity contribution in [1.82, 2.24) is 0 Å². The minimum absolute atomic E-state index is 0.132. The summed E-state index contributed by atoms with van der Waals surface area (Å²) in [6.45, 7) is 1.53. The first kappa shape index (κ1) is 14.4. The van der Waals surface area contributed by atoms with E-state index in [1.165, 1.54) is 37.3 Å². The van der Waals surface area contributed by atoms with Crippen molar-refractivity contribution in [1.29, 1.82) is 0 Å². The summed E-state index contributed by atoms with van der Waals surface area (Å²) in [6.07, 6.45) is 7.00. The molecule has 0 spiro atoms. The summed E-state index contributed by atoms with van der Waals surface area (Å²) in [7, 11) is 1.72. The zero-order valence-electron chi connectivity index (χ0n) is 12.9. The van der Waals surface area contributed by atoms with Crippen molar-refractivity contribution in [2.45, 2.75) is 51.6 Å². The van der Waals surface area contributed by atoms with Crippen molar-refractivity contribution in [3.8, 4) is 5.75 Å². The van der Waals surface area contributed by atoms with Crippen LogP contribution >= 0.6 is 0 Å². The van der Waals surface area contributed by atoms with Gasteiger partial charge < -0.3 is 9.47 Å². The topological polar surface area (TPSA) is 35.5 Å². The van der Waals surface area contributed by atoms with E-state index in [1.807, 2.05) is 0 Å². The van der Waals surface area contributed by atoms with Gasteiger partial charge in [-0.2, -0.15) is 0 Å². The number of rotatable bonds is 3. The molecule has 1 fully saturated rings. The average Bonchev–Trinajstić information content (AvgIpc) is 2.93. The Kier molecular flexibility index (Phi) is 4.18. The normalized spacial score (nSPS) is 28.0. The lowest BCUT2D eigenvalue weighted by Crippen LogP contribution is -2.30. The molecule has 1 aromatic rings. The fourth-order valence-electron chi connectivity index (χ4n) is 4.11. The lowest BCUT2D eigenvalue weighted by atomic mass is 9.75. The Morgan fingerprint density at radius 1 is 1.19 bits per heavy atom. The zero-order chi connectivity index (χ0) is 14.8. The molecular formula is C18H24O3. The maximum Gasteiger partial charge on any atom is 0.302 e. The molecule has 0 saturated heterocycles. The Balaban J connectivity index is 1.72. The molecule has 3 rings (SSSR count). The molecule has 1 saturated carbocycles. The standard InChI is InChI=1S/C18H24O3/c1-12(19)21-18-5-3-4-17(18)15-7-6-14-11-16(20-2)9-8-13(14)10-15/h8-9,11,15,17-18H,3-7,10H2,1-2H3/t15-,17+,18-/m0/s1. The lowest BCUT2D eigenvalue weighted by Gasteiger charge is -2.32. The van der Waals surface area contributed by atoms with Crippen LogP contribution in [0.5, 0.6) is 5.75 Å². The third-order valence-electron chi connectivity index (χ3n) is 5.11. The van der Waals surface area contributed by atoms with Gasteiger partial charge in [-0.15, -0.1) is 0 Å². The Morgan fingerprint density at radius 3 is 2.81 bits per heavy atom. The van der Waals surface area contributed by atoms with Crippen molar-refractivity contribution in [3.63, 3.8) is 0 Å². The Hall–Kier alpha value is -1.51. The van der Waals surface area contributed by atoms with Crippen molar-refractivity contribution in [2.24, 2.45) is 11.8 Å². The minimum atomic E-state index is -0.132. The molecule has 114 valence electrons. The van der Waals surface area contributed by atoms with E-state index in [0.29, 0.717) is 11.8 Å². The van der Waals surface area contributed by atoms with E-state index >= 15 is 0 Å². The fraction of sp³-hybridized carbons (Fsp3) is 0.611. The maximum atomic E-state index is 11.3. The molecule has 3 atom stereocenters. The number of fused-ring (bicyclic) bond motifs is 1. The molecule has 0 aromatic heterocycles. The van der Waals surface area contributed by atoms with Crippen molar-refractivity contribution in [3.05, 3.63) is 29.3 Å². The van der Waals surface area contributed by atoms with Gasteiger partial charge >= 0.3 is 5.97 Å². The van der Waals surface area contributed by atoms with E-state index in [4.69, 9.17) is 9.47 Å². The third-order valence-corrected chi connectivity index (χ3v) is 5.11. The van der Waals surface area contributed by atoms with Gasteiger partial charge in [0.2, 0.25) is 0 Å². The van der Waals surface area contributed by atoms with Crippen LogP contribution in [0.4, 0.5) is 0 Å². The number of carbonyl (C=O) groups is 1. The molecule has 0 radical (unpaired) electrons. The maximum absolute atomic E-state index is 11.3. The van der Waals surface area contributed by atoms with E-state index in [0.717, 1.165) is 25.0 Å². The predicted molar refractivity (Wildman–Crippen MR) is 81.4 cm³/mol. The molecule has 3 nitrogen and oxygen atoms in total. The average molecular weight is 288 g/mol. The highest BCUT2D eigenvalue weighted by Gasteiger charge is 2.37. The highest BCUT2D eigenvalue weighted by Crippen LogP contribution is 2.40. The second kappa shape index (κ2) is 6.08. The van der Waals surface area contributed by atoms with Crippen LogP contribution in [-0.4, -0.2) is 19.2 Å². The van der Waals surface area contributed by atoms with Crippen LogP contribution in [0, 0.1) is 11.8 Å². The fourth-order valence-corrected chi connectivity index (χ4v) is 4.11. The van der Waals surface area contributed by atoms with Crippen LogP contribution in [0.1, 0.15) is 43.7 Å². The molecule has 0 bridgehead atoms. The van der Waals surface area contributed by atoms with Gasteiger partial charge in [0.05, 0.1) is 7.11 Å². The summed E-state index contributed by atoms with van der Waals surface area (Å²) in [5.74, 6) is 2.01. The summed E-state index contributed by atoms with van der Waals surface area (Å²) in [4.78, 5) is 11.3. The van der Waals surface area contributed by atoms with Gasteiger partial charge in [-0.05, 0) is 73.6 Å². The summed E-state index contributed by atoms with van der Waals surface area (Å²) >= 11 is 0. The molecule has 0 aliphatic heterocycles. The molecule has 0 unspecified atom stereocenters. The Morgan fingerprint density at radius 2 is 2.05 bits per heavy atom. The molecule has 3 heteroatoms. The smallest absolute Gasteiger partial charge is 0.302 e. The number of esters is 1. The van der Waals surface area contributed by atoms with E-state index < -0.39 is 0 Å². The molecule has 0 heterocycles. The van der Waals surface area contributed by atoms with Crippen molar-refractivity contribution in [2.75, 3.05) is 7.11 Å². The van der Waals surface area contributed by atoms with Gasteiger partial charge in [-0.25, -0.2) is 0 Å². The summed E-state index contributed by atoms with van der Waals surface area (Å²) in [6, 6.07) is 6.43. The van der Waals surface area contributed by atoms with Crippen LogP contribution in [0.15, 0.2) is 18.2 Å². The van der Waals surface area contributed by atoms with Crippen LogP contribution in [-0.2, 0) is 22.4 Å². The summed E-state index contributed by atoms with van der Waals surface area (Å²) in [5, 5.41) is 0. The number of hydrogen-bond donors (Lipinski definition) is 0. The van der Waals surface area contributed by atoms with Crippen LogP contribution in [0.3, 0.4) is 0 Å². The quantitative estimate of drug-likeness (QED) is 0.798. The second-order valence-corrected chi connectivity index (χ2v) is 6.38. The number of aryl methyl sites for hydroxylation is 1. The molecular weight excluding hydrogens is 264 g/mol. The van der Waals surface area contributed by atoms with E-state index in [1.54, 1.807) is 7.11 Å². The van der Waals surface area contributed by atoms with Crippen molar-refractivity contribution < 1.29 is 14.3 Å². The first-order valence-electron chi connectivity index (χ1n) is 8.00. The van der Waals surface area contributed by atoms with E-state index in [-0.39, 0.29) is 12.1 Å². The molecule has 1 aromatic carbocycles. The highest BCUT2D eigenvalue weighted by atomic mass is 16.5. The monoisotopic (exact) mass is 288 g/mol. The zero-order valence-corrected chi connectivity index (χ0v) is 12.9. The Bertz CT molecular complexity index is 523. The highest BCUT2D eigenvalue weighted by molar-refractivity contribution is 5.66. The van der Waals surface area contributed by atoms with Gasteiger partial charge in [-0.3, -0.25) is 4.79 Å². The lowest BCUT2D eigenvalue weighted by molar-refractivity contribution is -0.149. The first-order chi connectivity index (χ1) is 10.2. The number of ether oxygens (including phenoxy) is 2. The van der Waals surface area contributed by atoms with Gasteiger partial charge in [-0.1, -0.05) is 6.07 Å². The number of carbonyl (C=O) groups excluding carboxylic acids is 1. The minimum Gasteiger partial charge on any atom is -0.497 e. The largest absolute Gasteiger partial charge is 0.497 e. The molecule has 0 N–H and O–H groups in total. The van der Waals surface area contributed by atoms with Gasteiger partial charge in [0.25, 0.3) is 0 Å². The SMILES string of the molecule is COc1ccc2c(c1)CC[C@H]([C@H]1CCC[C@@H]1OC(C)=O)C2. The van der Waals surface area contributed by atoms with Crippen LogP contribution < -0.4 is 4.74 Å². The molecule has 2 aliphatic rings. The van der Waals surface area contributed by atoms with Gasteiger partial charge in [0.15, 0.2) is 0 Å². The predicted octanol–water partition coefficient (Wildman–Crippen LogP) is 3.53. The third kappa shape index (κ3) is 3.07. The number of benzene rings is 1. The number of methoxy groups -OCH3 is 1.